The van der Waals surface area contributed by atoms with Gasteiger partial charge in [0.05, 0.1) is 7.11 Å². The topological polar surface area (TPSA) is 81.7 Å². The van der Waals surface area contributed by atoms with Crippen molar-refractivity contribution in [2.45, 2.75) is 20.3 Å². The maximum absolute atomic E-state index is 13.0. The van der Waals surface area contributed by atoms with Gasteiger partial charge in [0.25, 0.3) is 0 Å². The van der Waals surface area contributed by atoms with Crippen molar-refractivity contribution < 1.29 is 38.0 Å². The minimum absolute atomic E-state index is 0.00223. The summed E-state index contributed by atoms with van der Waals surface area (Å²) in [6, 6.07) is 8.84. The third kappa shape index (κ3) is 8.43. The van der Waals surface area contributed by atoms with E-state index in [1.54, 1.807) is 37.5 Å². The summed E-state index contributed by atoms with van der Waals surface area (Å²) >= 11 is 0. The van der Waals surface area contributed by atoms with Crippen molar-refractivity contribution in [1.82, 2.24) is 0 Å². The first-order valence-corrected chi connectivity index (χ1v) is 11.0. The van der Waals surface area contributed by atoms with Crippen LogP contribution in [0, 0.1) is 0 Å². The molecular weight excluding hydrogens is 452 g/mol. The fourth-order valence-electron chi connectivity index (χ4n) is 3.12. The monoisotopic (exact) mass is 486 g/mol. The van der Waals surface area contributed by atoms with Gasteiger partial charge in [-0.2, -0.15) is 0 Å². The first-order valence-electron chi connectivity index (χ1n) is 11.0. The van der Waals surface area contributed by atoms with E-state index in [0.29, 0.717) is 40.5 Å². The van der Waals surface area contributed by atoms with Crippen LogP contribution in [0.3, 0.4) is 0 Å². The number of carbonyl (C=O) groups excluding carboxylic acids is 1. The van der Waals surface area contributed by atoms with Gasteiger partial charge >= 0.3 is 0 Å². The summed E-state index contributed by atoms with van der Waals surface area (Å²) in [7, 11) is 6.12. The van der Waals surface area contributed by atoms with E-state index in [-0.39, 0.29) is 26.2 Å². The summed E-state index contributed by atoms with van der Waals surface area (Å²) in [5.74, 6) is 1.71. The second kappa shape index (κ2) is 14.8. The number of ether oxygens (including phenoxy) is 7. The highest BCUT2D eigenvalue weighted by molar-refractivity contribution is 6.07. The minimum atomic E-state index is -0.164. The van der Waals surface area contributed by atoms with E-state index in [2.05, 4.69) is 6.08 Å². The molecule has 0 aliphatic rings. The maximum atomic E-state index is 13.0. The van der Waals surface area contributed by atoms with Gasteiger partial charge in [-0.15, -0.1) is 0 Å². The van der Waals surface area contributed by atoms with Gasteiger partial charge in [-0.3, -0.25) is 4.79 Å². The van der Waals surface area contributed by atoms with Crippen molar-refractivity contribution in [3.63, 3.8) is 0 Å². The first kappa shape index (κ1) is 27.9. The third-order valence-corrected chi connectivity index (χ3v) is 4.79. The number of carbonyl (C=O) groups is 1. The molecule has 0 saturated heterocycles. The zero-order chi connectivity index (χ0) is 25.6. The SMILES string of the molecule is COCOc1ccc(C(=O)/C=C/c2ccc(OCOC)c(OCOC)c2OC)cc1CC=C(C)C. The lowest BCUT2D eigenvalue weighted by Crippen LogP contribution is -2.06. The van der Waals surface area contributed by atoms with Crippen LogP contribution in [0.4, 0.5) is 0 Å². The van der Waals surface area contributed by atoms with Gasteiger partial charge in [0.2, 0.25) is 5.75 Å². The molecule has 0 aliphatic carbocycles. The smallest absolute Gasteiger partial charge is 0.206 e. The Morgan fingerprint density at radius 1 is 0.800 bits per heavy atom. The number of ketones is 1. The molecule has 0 atom stereocenters. The molecule has 8 nitrogen and oxygen atoms in total. The van der Waals surface area contributed by atoms with Crippen molar-refractivity contribution in [3.8, 4) is 23.0 Å². The molecule has 0 bridgehead atoms. The molecular formula is C27H34O8. The lowest BCUT2D eigenvalue weighted by molar-refractivity contribution is 0.0307. The molecule has 0 fully saturated rings. The maximum Gasteiger partial charge on any atom is 0.206 e. The largest absolute Gasteiger partial charge is 0.492 e. The number of hydrogen-bond acceptors (Lipinski definition) is 8. The van der Waals surface area contributed by atoms with E-state index in [9.17, 15) is 4.79 Å². The molecule has 0 unspecified atom stereocenters. The summed E-state index contributed by atoms with van der Waals surface area (Å²) in [6.45, 7) is 4.22. The van der Waals surface area contributed by atoms with Crippen LogP contribution in [-0.2, 0) is 20.6 Å². The Bertz CT molecular complexity index is 1020. The van der Waals surface area contributed by atoms with Crippen LogP contribution in [0.2, 0.25) is 0 Å². The van der Waals surface area contributed by atoms with Crippen LogP contribution < -0.4 is 18.9 Å². The molecule has 0 amide bonds. The predicted molar refractivity (Wildman–Crippen MR) is 133 cm³/mol. The molecule has 2 aromatic rings. The molecule has 0 heterocycles. The van der Waals surface area contributed by atoms with Gasteiger partial charge in [-0.1, -0.05) is 11.6 Å². The number of hydrogen-bond donors (Lipinski definition) is 0. The highest BCUT2D eigenvalue weighted by Crippen LogP contribution is 2.41. The normalized spacial score (nSPS) is 10.8. The Kier molecular flexibility index (Phi) is 11.8. The molecule has 0 spiro atoms. The summed E-state index contributed by atoms with van der Waals surface area (Å²) in [5.41, 5.74) is 3.25. The van der Waals surface area contributed by atoms with Crippen LogP contribution in [0.25, 0.3) is 6.08 Å². The Balaban J connectivity index is 2.35. The Hall–Kier alpha value is -3.33. The third-order valence-electron chi connectivity index (χ3n) is 4.79. The van der Waals surface area contributed by atoms with E-state index in [1.807, 2.05) is 19.9 Å². The molecule has 190 valence electrons. The van der Waals surface area contributed by atoms with Crippen LogP contribution in [-0.4, -0.2) is 54.6 Å². The van der Waals surface area contributed by atoms with Crippen LogP contribution >= 0.6 is 0 Å². The van der Waals surface area contributed by atoms with Crippen molar-refractivity contribution >= 4 is 11.9 Å². The van der Waals surface area contributed by atoms with Gasteiger partial charge in [0.15, 0.2) is 37.7 Å². The van der Waals surface area contributed by atoms with Crippen molar-refractivity contribution in [3.05, 3.63) is 64.7 Å². The van der Waals surface area contributed by atoms with Crippen molar-refractivity contribution in [1.29, 1.82) is 0 Å². The highest BCUT2D eigenvalue weighted by atomic mass is 16.7. The lowest BCUT2D eigenvalue weighted by Gasteiger charge is -2.16. The molecule has 0 N–H and O–H groups in total. The number of methoxy groups -OCH3 is 4. The Labute approximate surface area is 207 Å². The second-order valence-corrected chi connectivity index (χ2v) is 7.67. The van der Waals surface area contributed by atoms with E-state index in [4.69, 9.17) is 33.2 Å². The molecule has 2 aromatic carbocycles. The predicted octanol–water partition coefficient (Wildman–Crippen LogP) is 5.05. The minimum Gasteiger partial charge on any atom is -0.492 e. The quantitative estimate of drug-likeness (QED) is 0.150. The van der Waals surface area contributed by atoms with Crippen LogP contribution in [0.15, 0.2) is 48.1 Å². The zero-order valence-electron chi connectivity index (χ0n) is 21.2. The molecule has 0 saturated carbocycles. The molecule has 0 radical (unpaired) electrons. The van der Waals surface area contributed by atoms with Gasteiger partial charge < -0.3 is 33.2 Å². The van der Waals surface area contributed by atoms with E-state index < -0.39 is 0 Å². The molecule has 0 aromatic heterocycles. The van der Waals surface area contributed by atoms with E-state index in [0.717, 1.165) is 5.56 Å². The van der Waals surface area contributed by atoms with E-state index in [1.165, 1.54) is 33.0 Å². The van der Waals surface area contributed by atoms with Gasteiger partial charge in [0, 0.05) is 32.5 Å². The standard InChI is InChI=1S/C27H34O8/c1-19(2)7-8-22-15-21(11-13-24(22)33-16-29-3)23(28)12-9-20-10-14-25(34-17-30-4)27(26(20)32-6)35-18-31-5/h7,9-15H,8,16-18H2,1-6H3/b12-9+. The van der Waals surface area contributed by atoms with Gasteiger partial charge in [0.1, 0.15) is 5.75 Å². The van der Waals surface area contributed by atoms with Gasteiger partial charge in [-0.05, 0) is 68.3 Å². The van der Waals surface area contributed by atoms with Gasteiger partial charge in [-0.25, -0.2) is 0 Å². The van der Waals surface area contributed by atoms with E-state index >= 15 is 0 Å². The number of rotatable bonds is 15. The molecule has 8 heteroatoms. The fourth-order valence-corrected chi connectivity index (χ4v) is 3.12. The number of benzene rings is 2. The Morgan fingerprint density at radius 3 is 2.06 bits per heavy atom. The lowest BCUT2D eigenvalue weighted by atomic mass is 10.0. The zero-order valence-corrected chi connectivity index (χ0v) is 21.2. The highest BCUT2D eigenvalue weighted by Gasteiger charge is 2.17. The second-order valence-electron chi connectivity index (χ2n) is 7.67. The van der Waals surface area contributed by atoms with Crippen LogP contribution in [0.5, 0.6) is 23.0 Å². The fraction of sp³-hybridized carbons (Fsp3) is 0.370. The summed E-state index contributed by atoms with van der Waals surface area (Å²) < 4.78 is 37.5. The first-order chi connectivity index (χ1) is 16.9. The number of allylic oxidation sites excluding steroid dienone is 3. The van der Waals surface area contributed by atoms with Crippen LogP contribution in [0.1, 0.15) is 35.3 Å². The van der Waals surface area contributed by atoms with Crippen molar-refractivity contribution in [2.75, 3.05) is 48.8 Å². The average Bonchev–Trinajstić information content (AvgIpc) is 2.86. The molecule has 2 rings (SSSR count). The molecule has 35 heavy (non-hydrogen) atoms. The molecule has 0 aliphatic heterocycles. The Morgan fingerprint density at radius 2 is 1.43 bits per heavy atom. The summed E-state index contributed by atoms with van der Waals surface area (Å²) in [4.78, 5) is 13.0. The average molecular weight is 487 g/mol. The van der Waals surface area contributed by atoms with Crippen molar-refractivity contribution in [2.24, 2.45) is 0 Å². The summed E-state index contributed by atoms with van der Waals surface area (Å²) in [6.07, 6.45) is 5.89. The summed E-state index contributed by atoms with van der Waals surface area (Å²) in [5, 5.41) is 0.